The summed E-state index contributed by atoms with van der Waals surface area (Å²) in [5.41, 5.74) is 0. The molecule has 1 aromatic heterocycles. The second-order valence-corrected chi connectivity index (χ2v) is 5.02. The summed E-state index contributed by atoms with van der Waals surface area (Å²) in [7, 11) is 0. The highest BCUT2D eigenvalue weighted by molar-refractivity contribution is 5.66. The Hall–Kier alpha value is -1.73. The lowest BCUT2D eigenvalue weighted by atomic mass is 10.0. The molecule has 1 N–H and O–H groups in total. The van der Waals surface area contributed by atoms with Crippen LogP contribution in [0.15, 0.2) is 6.33 Å². The van der Waals surface area contributed by atoms with Crippen LogP contribution in [0.2, 0.25) is 0 Å². The first-order valence-electron chi connectivity index (χ1n) is 6.53. The molecule has 0 spiro atoms. The SMILES string of the molecule is CC1C(C(F)(F)F)CCN1c1ncnc2c1OCCN2. The van der Waals surface area contributed by atoms with Crippen LogP contribution in [0.4, 0.5) is 24.8 Å². The molecular formula is C12H15F3N4O. The van der Waals surface area contributed by atoms with E-state index in [-0.39, 0.29) is 6.42 Å². The Labute approximate surface area is 114 Å². The molecule has 1 aromatic rings. The molecule has 110 valence electrons. The third-order valence-electron chi connectivity index (χ3n) is 3.87. The van der Waals surface area contributed by atoms with E-state index < -0.39 is 18.1 Å². The smallest absolute Gasteiger partial charge is 0.393 e. The number of nitrogens with one attached hydrogen (secondary N) is 1. The van der Waals surface area contributed by atoms with Crippen LogP contribution in [0.3, 0.4) is 0 Å². The maximum atomic E-state index is 12.9. The van der Waals surface area contributed by atoms with Crippen LogP contribution in [0, 0.1) is 5.92 Å². The molecular weight excluding hydrogens is 273 g/mol. The summed E-state index contributed by atoms with van der Waals surface area (Å²) in [4.78, 5) is 9.83. The summed E-state index contributed by atoms with van der Waals surface area (Å²) in [5, 5.41) is 3.06. The fourth-order valence-electron chi connectivity index (χ4n) is 2.83. The predicted molar refractivity (Wildman–Crippen MR) is 67.0 cm³/mol. The van der Waals surface area contributed by atoms with Gasteiger partial charge in [0.1, 0.15) is 12.9 Å². The Balaban J connectivity index is 1.91. The fraction of sp³-hybridized carbons (Fsp3) is 0.667. The Morgan fingerprint density at radius 1 is 1.40 bits per heavy atom. The van der Waals surface area contributed by atoms with Gasteiger partial charge < -0.3 is 15.0 Å². The van der Waals surface area contributed by atoms with E-state index in [0.717, 1.165) is 0 Å². The number of nitrogens with zero attached hydrogens (tertiary/aromatic N) is 3. The van der Waals surface area contributed by atoms with Gasteiger partial charge in [-0.15, -0.1) is 0 Å². The average molecular weight is 288 g/mol. The van der Waals surface area contributed by atoms with E-state index in [2.05, 4.69) is 15.3 Å². The molecule has 2 aliphatic rings. The van der Waals surface area contributed by atoms with Crippen LogP contribution < -0.4 is 15.0 Å². The quantitative estimate of drug-likeness (QED) is 0.857. The molecule has 8 heteroatoms. The summed E-state index contributed by atoms with van der Waals surface area (Å²) < 4.78 is 44.3. The molecule has 0 radical (unpaired) electrons. The van der Waals surface area contributed by atoms with Crippen LogP contribution in [-0.4, -0.2) is 41.9 Å². The van der Waals surface area contributed by atoms with Crippen molar-refractivity contribution >= 4 is 11.6 Å². The van der Waals surface area contributed by atoms with Crippen molar-refractivity contribution in [2.24, 2.45) is 5.92 Å². The average Bonchev–Trinajstić information content (AvgIpc) is 2.80. The highest BCUT2D eigenvalue weighted by atomic mass is 19.4. The second-order valence-electron chi connectivity index (χ2n) is 5.02. The number of hydrogen-bond acceptors (Lipinski definition) is 5. The number of rotatable bonds is 1. The lowest BCUT2D eigenvalue weighted by Gasteiger charge is -2.29. The minimum atomic E-state index is -4.18. The topological polar surface area (TPSA) is 50.3 Å². The lowest BCUT2D eigenvalue weighted by Crippen LogP contribution is -2.37. The first-order chi connectivity index (χ1) is 9.48. The summed E-state index contributed by atoms with van der Waals surface area (Å²) in [6.07, 6.45) is -2.75. The largest absolute Gasteiger partial charge is 0.485 e. The molecule has 0 aliphatic carbocycles. The lowest BCUT2D eigenvalue weighted by molar-refractivity contribution is -0.174. The van der Waals surface area contributed by atoms with Gasteiger partial charge in [0.15, 0.2) is 11.6 Å². The molecule has 3 heterocycles. The van der Waals surface area contributed by atoms with Crippen LogP contribution in [-0.2, 0) is 0 Å². The van der Waals surface area contributed by atoms with Gasteiger partial charge in [0.25, 0.3) is 0 Å². The third-order valence-corrected chi connectivity index (χ3v) is 3.87. The normalized spacial score (nSPS) is 25.9. The maximum Gasteiger partial charge on any atom is 0.393 e. The van der Waals surface area contributed by atoms with Crippen LogP contribution >= 0.6 is 0 Å². The van der Waals surface area contributed by atoms with Gasteiger partial charge in [-0.1, -0.05) is 0 Å². The van der Waals surface area contributed by atoms with E-state index in [9.17, 15) is 13.2 Å². The Morgan fingerprint density at radius 2 is 2.20 bits per heavy atom. The molecule has 0 saturated carbocycles. The number of ether oxygens (including phenoxy) is 1. The highest BCUT2D eigenvalue weighted by Crippen LogP contribution is 2.43. The molecule has 20 heavy (non-hydrogen) atoms. The van der Waals surface area contributed by atoms with E-state index in [1.54, 1.807) is 11.8 Å². The van der Waals surface area contributed by atoms with Crippen LogP contribution in [0.1, 0.15) is 13.3 Å². The summed E-state index contributed by atoms with van der Waals surface area (Å²) in [5.74, 6) is 0.114. The predicted octanol–water partition coefficient (Wildman–Crippen LogP) is 2.06. The van der Waals surface area contributed by atoms with Gasteiger partial charge in [-0.3, -0.25) is 0 Å². The molecule has 0 aromatic carbocycles. The Kier molecular flexibility index (Phi) is 3.10. The number of fused-ring (bicyclic) bond motifs is 1. The van der Waals surface area contributed by atoms with Crippen molar-refractivity contribution in [1.29, 1.82) is 0 Å². The van der Waals surface area contributed by atoms with Gasteiger partial charge in [-0.05, 0) is 13.3 Å². The summed E-state index contributed by atoms with van der Waals surface area (Å²) >= 11 is 0. The fourth-order valence-corrected chi connectivity index (χ4v) is 2.83. The molecule has 0 amide bonds. The van der Waals surface area contributed by atoms with E-state index in [0.29, 0.717) is 37.1 Å². The van der Waals surface area contributed by atoms with Gasteiger partial charge in [-0.25, -0.2) is 9.97 Å². The van der Waals surface area contributed by atoms with Crippen molar-refractivity contribution in [2.75, 3.05) is 29.9 Å². The minimum absolute atomic E-state index is 0.0802. The van der Waals surface area contributed by atoms with E-state index in [1.165, 1.54) is 6.33 Å². The molecule has 1 fully saturated rings. The van der Waals surface area contributed by atoms with Gasteiger partial charge in [0.2, 0.25) is 5.75 Å². The summed E-state index contributed by atoms with van der Waals surface area (Å²) in [6, 6.07) is -0.653. The first kappa shape index (κ1) is 13.3. The standard InChI is InChI=1S/C12H15F3N4O/c1-7-8(12(13,14)15)2-4-19(7)11-9-10(17-6-18-11)16-3-5-20-9/h6-8H,2-5H2,1H3,(H,16,17,18). The number of aromatic nitrogens is 2. The van der Waals surface area contributed by atoms with Crippen molar-refractivity contribution in [3.05, 3.63) is 6.33 Å². The zero-order chi connectivity index (χ0) is 14.3. The summed E-state index contributed by atoms with van der Waals surface area (Å²) in [6.45, 7) is 2.98. The van der Waals surface area contributed by atoms with Crippen molar-refractivity contribution < 1.29 is 17.9 Å². The van der Waals surface area contributed by atoms with Gasteiger partial charge >= 0.3 is 6.18 Å². The Morgan fingerprint density at radius 3 is 2.90 bits per heavy atom. The van der Waals surface area contributed by atoms with Gasteiger partial charge in [-0.2, -0.15) is 13.2 Å². The van der Waals surface area contributed by atoms with Gasteiger partial charge in [0, 0.05) is 12.6 Å². The number of hydrogen-bond donors (Lipinski definition) is 1. The Bertz CT molecular complexity index is 508. The second kappa shape index (κ2) is 4.68. The van der Waals surface area contributed by atoms with Crippen LogP contribution in [0.5, 0.6) is 5.75 Å². The van der Waals surface area contributed by atoms with Crippen molar-refractivity contribution in [2.45, 2.75) is 25.6 Å². The molecule has 3 rings (SSSR count). The molecule has 0 bridgehead atoms. The molecule has 5 nitrogen and oxygen atoms in total. The molecule has 2 unspecified atom stereocenters. The van der Waals surface area contributed by atoms with E-state index >= 15 is 0 Å². The molecule has 2 aliphatic heterocycles. The number of alkyl halides is 3. The molecule has 2 atom stereocenters. The van der Waals surface area contributed by atoms with E-state index in [1.807, 2.05) is 0 Å². The third kappa shape index (κ3) is 2.12. The highest BCUT2D eigenvalue weighted by Gasteiger charge is 2.49. The number of anilines is 2. The van der Waals surface area contributed by atoms with Crippen molar-refractivity contribution in [3.8, 4) is 5.75 Å². The van der Waals surface area contributed by atoms with Crippen LogP contribution in [0.25, 0.3) is 0 Å². The van der Waals surface area contributed by atoms with Crippen molar-refractivity contribution in [1.82, 2.24) is 9.97 Å². The minimum Gasteiger partial charge on any atom is -0.485 e. The van der Waals surface area contributed by atoms with E-state index in [4.69, 9.17) is 4.74 Å². The van der Waals surface area contributed by atoms with Gasteiger partial charge in [0.05, 0.1) is 12.5 Å². The monoisotopic (exact) mass is 288 g/mol. The number of halogens is 3. The first-order valence-corrected chi connectivity index (χ1v) is 6.53. The zero-order valence-electron chi connectivity index (χ0n) is 10.9. The maximum absolute atomic E-state index is 12.9. The zero-order valence-corrected chi connectivity index (χ0v) is 10.9. The van der Waals surface area contributed by atoms with Crippen molar-refractivity contribution in [3.63, 3.8) is 0 Å². The molecule has 1 saturated heterocycles.